The van der Waals surface area contributed by atoms with Crippen LogP contribution in [0.15, 0.2) is 16.6 Å². The molecule has 0 spiro atoms. The van der Waals surface area contributed by atoms with Crippen molar-refractivity contribution in [1.82, 2.24) is 0 Å². The van der Waals surface area contributed by atoms with E-state index >= 15 is 0 Å². The van der Waals surface area contributed by atoms with E-state index in [-0.39, 0.29) is 0 Å². The van der Waals surface area contributed by atoms with E-state index in [0.29, 0.717) is 0 Å². The van der Waals surface area contributed by atoms with Gasteiger partial charge in [0.25, 0.3) is 0 Å². The van der Waals surface area contributed by atoms with Crippen LogP contribution in [0.1, 0.15) is 11.1 Å². The Labute approximate surface area is 83.2 Å². The van der Waals surface area contributed by atoms with E-state index in [1.807, 2.05) is 19.1 Å². The number of hydrogen-bond donors (Lipinski definition) is 1. The van der Waals surface area contributed by atoms with Crippen LogP contribution < -0.4 is 5.73 Å². The molecule has 0 aromatic heterocycles. The fourth-order valence-electron chi connectivity index (χ4n) is 0.934. The zero-order chi connectivity index (χ0) is 8.43. The Morgan fingerprint density at radius 3 is 2.64 bits per heavy atom. The predicted molar refractivity (Wildman–Crippen MR) is 55.9 cm³/mol. The first-order valence-electron chi connectivity index (χ1n) is 3.25. The molecule has 1 nitrogen and oxygen atoms in total. The van der Waals surface area contributed by atoms with Crippen LogP contribution in [0.3, 0.4) is 0 Å². The maximum Gasteiger partial charge on any atom is 0.0385 e. The number of benzene rings is 1. The lowest BCUT2D eigenvalue weighted by atomic mass is 10.1. The van der Waals surface area contributed by atoms with Gasteiger partial charge in [-0.1, -0.05) is 31.9 Å². The Morgan fingerprint density at radius 2 is 2.09 bits per heavy atom. The molecule has 1 rings (SSSR count). The van der Waals surface area contributed by atoms with Gasteiger partial charge in [-0.05, 0) is 30.2 Å². The minimum Gasteiger partial charge on any atom is -0.398 e. The molecule has 0 amide bonds. The van der Waals surface area contributed by atoms with Crippen molar-refractivity contribution in [3.8, 4) is 0 Å². The van der Waals surface area contributed by atoms with Gasteiger partial charge < -0.3 is 5.73 Å². The molecular weight excluding hydrogens is 270 g/mol. The van der Waals surface area contributed by atoms with E-state index in [2.05, 4.69) is 31.9 Å². The average molecular weight is 279 g/mol. The maximum atomic E-state index is 5.81. The zero-order valence-corrected chi connectivity index (χ0v) is 9.37. The molecule has 11 heavy (non-hydrogen) atoms. The number of anilines is 1. The van der Waals surface area contributed by atoms with E-state index in [9.17, 15) is 0 Å². The van der Waals surface area contributed by atoms with E-state index < -0.39 is 0 Å². The lowest BCUT2D eigenvalue weighted by Gasteiger charge is -2.05. The Hall–Kier alpha value is -0.0200. The number of halogens is 2. The Bertz CT molecular complexity index is 271. The van der Waals surface area contributed by atoms with Crippen LogP contribution in [-0.2, 0) is 5.33 Å². The van der Waals surface area contributed by atoms with Gasteiger partial charge in [0, 0.05) is 15.5 Å². The third kappa shape index (κ3) is 1.97. The van der Waals surface area contributed by atoms with E-state index in [1.165, 1.54) is 0 Å². The van der Waals surface area contributed by atoms with Crippen molar-refractivity contribution >= 4 is 37.5 Å². The van der Waals surface area contributed by atoms with Crippen molar-refractivity contribution in [2.45, 2.75) is 12.3 Å². The Kier molecular flexibility index (Phi) is 2.96. The molecule has 0 atom stereocenters. The molecule has 3 heteroatoms. The summed E-state index contributed by atoms with van der Waals surface area (Å²) in [6.45, 7) is 2.01. The van der Waals surface area contributed by atoms with Crippen LogP contribution in [0.25, 0.3) is 0 Å². The molecule has 0 unspecified atom stereocenters. The molecule has 1 aromatic carbocycles. The summed E-state index contributed by atoms with van der Waals surface area (Å²) in [5.74, 6) is 0. The van der Waals surface area contributed by atoms with Crippen molar-refractivity contribution in [3.05, 3.63) is 27.7 Å². The highest BCUT2D eigenvalue weighted by molar-refractivity contribution is 9.10. The first-order valence-corrected chi connectivity index (χ1v) is 5.17. The Morgan fingerprint density at radius 1 is 1.45 bits per heavy atom. The monoisotopic (exact) mass is 277 g/mol. The van der Waals surface area contributed by atoms with Gasteiger partial charge in [0.15, 0.2) is 0 Å². The van der Waals surface area contributed by atoms with Crippen molar-refractivity contribution < 1.29 is 0 Å². The zero-order valence-electron chi connectivity index (χ0n) is 6.20. The molecule has 0 aliphatic carbocycles. The highest BCUT2D eigenvalue weighted by Crippen LogP contribution is 2.24. The van der Waals surface area contributed by atoms with Gasteiger partial charge in [0.2, 0.25) is 0 Å². The van der Waals surface area contributed by atoms with E-state index in [0.717, 1.165) is 26.6 Å². The smallest absolute Gasteiger partial charge is 0.0385 e. The lowest BCUT2D eigenvalue weighted by molar-refractivity contribution is 1.35. The quantitative estimate of drug-likeness (QED) is 0.619. The fourth-order valence-corrected chi connectivity index (χ4v) is 2.02. The van der Waals surface area contributed by atoms with Gasteiger partial charge in [-0.3, -0.25) is 0 Å². The summed E-state index contributed by atoms with van der Waals surface area (Å²) in [4.78, 5) is 0. The SMILES string of the molecule is Cc1cc(Br)cc(CBr)c1N. The second-order valence-corrected chi connectivity index (χ2v) is 3.91. The highest BCUT2D eigenvalue weighted by Gasteiger charge is 2.01. The van der Waals surface area contributed by atoms with E-state index in [1.54, 1.807) is 0 Å². The van der Waals surface area contributed by atoms with Crippen LogP contribution in [0.2, 0.25) is 0 Å². The summed E-state index contributed by atoms with van der Waals surface area (Å²) in [5, 5.41) is 0.805. The minimum absolute atomic E-state index is 0.805. The van der Waals surface area contributed by atoms with Gasteiger partial charge in [0.05, 0.1) is 0 Å². The molecule has 1 aromatic rings. The average Bonchev–Trinajstić information content (AvgIpc) is 1.96. The number of nitrogens with two attached hydrogens (primary N) is 1. The molecule has 0 fully saturated rings. The second kappa shape index (κ2) is 3.59. The van der Waals surface area contributed by atoms with Crippen LogP contribution in [0.4, 0.5) is 5.69 Å². The molecular formula is C8H9Br2N. The highest BCUT2D eigenvalue weighted by atomic mass is 79.9. The lowest BCUT2D eigenvalue weighted by Crippen LogP contribution is -1.94. The minimum atomic E-state index is 0.805. The predicted octanol–water partition coefficient (Wildman–Crippen LogP) is 3.23. The van der Waals surface area contributed by atoms with Crippen molar-refractivity contribution in [2.75, 3.05) is 5.73 Å². The summed E-state index contributed by atoms with van der Waals surface area (Å²) in [6.07, 6.45) is 0. The van der Waals surface area contributed by atoms with Crippen LogP contribution in [0.5, 0.6) is 0 Å². The number of rotatable bonds is 1. The maximum absolute atomic E-state index is 5.81. The van der Waals surface area contributed by atoms with Crippen molar-refractivity contribution in [3.63, 3.8) is 0 Å². The molecule has 0 saturated carbocycles. The third-order valence-corrected chi connectivity index (χ3v) is 2.64. The molecule has 2 N–H and O–H groups in total. The van der Waals surface area contributed by atoms with Gasteiger partial charge >= 0.3 is 0 Å². The van der Waals surface area contributed by atoms with Gasteiger partial charge in [-0.2, -0.15) is 0 Å². The summed E-state index contributed by atoms with van der Waals surface area (Å²) in [7, 11) is 0. The van der Waals surface area contributed by atoms with Crippen molar-refractivity contribution in [1.29, 1.82) is 0 Å². The number of aryl methyl sites for hydroxylation is 1. The van der Waals surface area contributed by atoms with Gasteiger partial charge in [-0.25, -0.2) is 0 Å². The van der Waals surface area contributed by atoms with Crippen molar-refractivity contribution in [2.24, 2.45) is 0 Å². The first-order chi connectivity index (χ1) is 5.15. The summed E-state index contributed by atoms with van der Waals surface area (Å²) in [6, 6.07) is 4.04. The Balaban J connectivity index is 3.24. The number of alkyl halides is 1. The number of hydrogen-bond acceptors (Lipinski definition) is 1. The molecule has 60 valence electrons. The summed E-state index contributed by atoms with van der Waals surface area (Å²) >= 11 is 6.79. The van der Waals surface area contributed by atoms with Crippen LogP contribution in [-0.4, -0.2) is 0 Å². The standard InChI is InChI=1S/C8H9Br2N/c1-5-2-7(10)3-6(4-9)8(5)11/h2-3H,4,11H2,1H3. The summed E-state index contributed by atoms with van der Waals surface area (Å²) < 4.78 is 1.08. The van der Waals surface area contributed by atoms with E-state index in [4.69, 9.17) is 5.73 Å². The summed E-state index contributed by atoms with van der Waals surface area (Å²) in [5.41, 5.74) is 8.95. The van der Waals surface area contributed by atoms with Crippen LogP contribution in [0, 0.1) is 6.92 Å². The molecule has 0 saturated heterocycles. The fraction of sp³-hybridized carbons (Fsp3) is 0.250. The molecule has 0 aliphatic heterocycles. The largest absolute Gasteiger partial charge is 0.398 e. The normalized spacial score (nSPS) is 10.1. The topological polar surface area (TPSA) is 26.0 Å². The molecule has 0 aliphatic rings. The first kappa shape index (κ1) is 9.07. The number of nitrogen functional groups attached to an aromatic ring is 1. The third-order valence-electron chi connectivity index (χ3n) is 1.58. The van der Waals surface area contributed by atoms with Gasteiger partial charge in [0.1, 0.15) is 0 Å². The molecule has 0 bridgehead atoms. The molecule has 0 heterocycles. The van der Waals surface area contributed by atoms with Crippen LogP contribution >= 0.6 is 31.9 Å². The second-order valence-electron chi connectivity index (χ2n) is 2.43. The molecule has 0 radical (unpaired) electrons. The van der Waals surface area contributed by atoms with Gasteiger partial charge in [-0.15, -0.1) is 0 Å².